The summed E-state index contributed by atoms with van der Waals surface area (Å²) in [5.41, 5.74) is 1.53. The summed E-state index contributed by atoms with van der Waals surface area (Å²) in [4.78, 5) is 9.04. The van der Waals surface area contributed by atoms with Gasteiger partial charge < -0.3 is 19.9 Å². The minimum atomic E-state index is -4.67. The van der Waals surface area contributed by atoms with Crippen molar-refractivity contribution < 1.29 is 32.1 Å². The van der Waals surface area contributed by atoms with Crippen LogP contribution in [0.2, 0.25) is 0 Å². The third kappa shape index (κ3) is 6.79. The van der Waals surface area contributed by atoms with Gasteiger partial charge in [-0.2, -0.15) is 8.42 Å². The van der Waals surface area contributed by atoms with Gasteiger partial charge in [-0.1, -0.05) is 0 Å². The second-order valence-corrected chi connectivity index (χ2v) is 6.94. The largest absolute Gasteiger partial charge is 0.493 e. The topological polar surface area (TPSA) is 151 Å². The van der Waals surface area contributed by atoms with Crippen molar-refractivity contribution in [2.24, 2.45) is 0 Å². The lowest BCUT2D eigenvalue weighted by molar-refractivity contribution is 0.126. The van der Waals surface area contributed by atoms with Gasteiger partial charge in [0.15, 0.2) is 11.5 Å². The van der Waals surface area contributed by atoms with Crippen molar-refractivity contribution in [1.29, 1.82) is 0 Å². The van der Waals surface area contributed by atoms with E-state index in [4.69, 9.17) is 27.0 Å². The Balaban J connectivity index is 0.000000465. The van der Waals surface area contributed by atoms with Crippen LogP contribution >= 0.6 is 0 Å². The Morgan fingerprint density at radius 1 is 1.04 bits per heavy atom. The summed E-state index contributed by atoms with van der Waals surface area (Å²) in [6.07, 6.45) is 5.16. The van der Waals surface area contributed by atoms with Gasteiger partial charge >= 0.3 is 10.4 Å². The average Bonchev–Trinajstić information content (AvgIpc) is 2.61. The lowest BCUT2D eigenvalue weighted by Crippen LogP contribution is -2.28. The van der Waals surface area contributed by atoms with E-state index in [-0.39, 0.29) is 6.10 Å². The summed E-state index contributed by atoms with van der Waals surface area (Å²) in [6.45, 7) is 0. The Morgan fingerprint density at radius 3 is 2.07 bits per heavy atom. The zero-order chi connectivity index (χ0) is 20.0. The van der Waals surface area contributed by atoms with E-state index in [0.717, 1.165) is 42.5 Å². The zero-order valence-electron chi connectivity index (χ0n) is 15.0. The van der Waals surface area contributed by atoms with Crippen LogP contribution in [-0.4, -0.2) is 59.0 Å². The summed E-state index contributed by atoms with van der Waals surface area (Å²) < 4.78 is 42.2. The van der Waals surface area contributed by atoms with Crippen LogP contribution in [0.1, 0.15) is 25.7 Å². The summed E-state index contributed by atoms with van der Waals surface area (Å²) in [6, 6.07) is 3.99. The predicted molar refractivity (Wildman–Crippen MR) is 98.7 cm³/mol. The number of anilines is 1. The molecule has 4 N–H and O–H groups in total. The number of nitrogens with one attached hydrogen (secondary N) is 1. The number of nitrogens with zero attached hydrogens (tertiary/aromatic N) is 2. The van der Waals surface area contributed by atoms with E-state index in [9.17, 15) is 5.11 Å². The predicted octanol–water partition coefficient (Wildman–Crippen LogP) is 1.71. The van der Waals surface area contributed by atoms with Gasteiger partial charge in [0.25, 0.3) is 0 Å². The van der Waals surface area contributed by atoms with Crippen molar-refractivity contribution in [2.45, 2.75) is 37.8 Å². The van der Waals surface area contributed by atoms with Crippen LogP contribution in [-0.2, 0) is 10.4 Å². The van der Waals surface area contributed by atoms with Crippen molar-refractivity contribution in [3.05, 3.63) is 18.3 Å². The molecule has 1 saturated carbocycles. The Kier molecular flexibility index (Phi) is 7.13. The molecule has 0 atom stereocenters. The fourth-order valence-electron chi connectivity index (χ4n) is 2.84. The van der Waals surface area contributed by atoms with Gasteiger partial charge in [0.1, 0.15) is 5.82 Å². The maximum Gasteiger partial charge on any atom is 0.394 e. The first-order valence-electron chi connectivity index (χ1n) is 8.23. The molecule has 1 heterocycles. The number of aromatic nitrogens is 2. The SMILES string of the molecule is COc1cc2ncc(N[C@H]3CC[C@H](O)CC3)nc2cc1OC.O=S(=O)(O)O. The molecule has 2 aromatic rings. The highest BCUT2D eigenvalue weighted by Gasteiger charge is 2.19. The highest BCUT2D eigenvalue weighted by atomic mass is 32.3. The van der Waals surface area contributed by atoms with Crippen LogP contribution < -0.4 is 14.8 Å². The van der Waals surface area contributed by atoms with Gasteiger partial charge in [-0.15, -0.1) is 0 Å². The van der Waals surface area contributed by atoms with Crippen LogP contribution in [0, 0.1) is 0 Å². The summed E-state index contributed by atoms with van der Waals surface area (Å²) >= 11 is 0. The number of methoxy groups -OCH3 is 2. The fraction of sp³-hybridized carbons (Fsp3) is 0.500. The van der Waals surface area contributed by atoms with E-state index >= 15 is 0 Å². The maximum atomic E-state index is 9.56. The van der Waals surface area contributed by atoms with E-state index in [1.807, 2.05) is 12.1 Å². The first kappa shape index (κ1) is 21.1. The van der Waals surface area contributed by atoms with Crippen molar-refractivity contribution in [3.8, 4) is 11.5 Å². The molecule has 3 rings (SSSR count). The molecule has 27 heavy (non-hydrogen) atoms. The molecule has 1 aliphatic rings. The van der Waals surface area contributed by atoms with Gasteiger partial charge in [0, 0.05) is 18.2 Å². The molecule has 11 heteroatoms. The van der Waals surface area contributed by atoms with Gasteiger partial charge in [-0.3, -0.25) is 14.1 Å². The molecule has 10 nitrogen and oxygen atoms in total. The molecule has 0 bridgehead atoms. The highest BCUT2D eigenvalue weighted by molar-refractivity contribution is 7.79. The van der Waals surface area contributed by atoms with Crippen LogP contribution in [0.4, 0.5) is 5.82 Å². The van der Waals surface area contributed by atoms with E-state index in [1.165, 1.54) is 0 Å². The van der Waals surface area contributed by atoms with Gasteiger partial charge in [-0.05, 0) is 25.7 Å². The Labute approximate surface area is 157 Å². The van der Waals surface area contributed by atoms with Crippen molar-refractivity contribution in [1.82, 2.24) is 9.97 Å². The number of benzene rings is 1. The average molecular weight is 401 g/mol. The maximum absolute atomic E-state index is 9.56. The minimum absolute atomic E-state index is 0.155. The van der Waals surface area contributed by atoms with Gasteiger partial charge in [-0.25, -0.2) is 4.98 Å². The van der Waals surface area contributed by atoms with Crippen LogP contribution in [0.5, 0.6) is 11.5 Å². The van der Waals surface area contributed by atoms with E-state index in [0.29, 0.717) is 17.5 Å². The number of hydrogen-bond acceptors (Lipinski definition) is 8. The molecule has 1 aromatic carbocycles. The molecule has 0 radical (unpaired) electrons. The number of fused-ring (bicyclic) bond motifs is 1. The fourth-order valence-corrected chi connectivity index (χ4v) is 2.84. The molecule has 0 unspecified atom stereocenters. The number of ether oxygens (including phenoxy) is 2. The van der Waals surface area contributed by atoms with E-state index in [2.05, 4.69) is 15.3 Å². The second-order valence-electron chi connectivity index (χ2n) is 6.05. The first-order valence-corrected chi connectivity index (χ1v) is 9.62. The van der Waals surface area contributed by atoms with Crippen molar-refractivity contribution in [2.75, 3.05) is 19.5 Å². The molecule has 0 saturated heterocycles. The quantitative estimate of drug-likeness (QED) is 0.557. The lowest BCUT2D eigenvalue weighted by Gasteiger charge is -2.26. The first-order chi connectivity index (χ1) is 12.7. The Hall–Kier alpha value is -2.21. The van der Waals surface area contributed by atoms with E-state index < -0.39 is 10.4 Å². The monoisotopic (exact) mass is 401 g/mol. The Bertz CT molecular complexity index is 860. The minimum Gasteiger partial charge on any atom is -0.493 e. The van der Waals surface area contributed by atoms with Crippen molar-refractivity contribution in [3.63, 3.8) is 0 Å². The molecule has 1 fully saturated rings. The van der Waals surface area contributed by atoms with Crippen LogP contribution in [0.3, 0.4) is 0 Å². The van der Waals surface area contributed by atoms with Crippen molar-refractivity contribution >= 4 is 27.3 Å². The van der Waals surface area contributed by atoms with Gasteiger partial charge in [0.05, 0.1) is 37.6 Å². The van der Waals surface area contributed by atoms with Crippen LogP contribution in [0.15, 0.2) is 18.3 Å². The summed E-state index contributed by atoms with van der Waals surface area (Å²) in [5, 5.41) is 13.0. The number of aliphatic hydroxyl groups excluding tert-OH is 1. The molecule has 1 aromatic heterocycles. The number of hydrogen-bond donors (Lipinski definition) is 4. The lowest BCUT2D eigenvalue weighted by atomic mass is 9.93. The molecule has 0 spiro atoms. The highest BCUT2D eigenvalue weighted by Crippen LogP contribution is 2.31. The summed E-state index contributed by atoms with van der Waals surface area (Å²) in [7, 11) is -1.46. The third-order valence-electron chi connectivity index (χ3n) is 4.10. The normalized spacial score (nSPS) is 19.7. The molecular formula is C16H23N3O7S. The standard InChI is InChI=1S/C16H21N3O3.H2O4S/c1-21-14-7-12-13(8-15(14)22-2)19-16(9-17-12)18-10-3-5-11(20)6-4-10;1-5(2,3)4/h7-11,20H,3-6H2,1-2H3,(H,18,19);(H2,1,2,3,4)/t10-,11-;. The number of aliphatic hydroxyl groups is 1. The Morgan fingerprint density at radius 2 is 1.56 bits per heavy atom. The molecule has 0 aliphatic heterocycles. The smallest absolute Gasteiger partial charge is 0.394 e. The summed E-state index contributed by atoms with van der Waals surface area (Å²) in [5.74, 6) is 2.04. The van der Waals surface area contributed by atoms with E-state index in [1.54, 1.807) is 20.4 Å². The third-order valence-corrected chi connectivity index (χ3v) is 4.10. The van der Waals surface area contributed by atoms with Crippen LogP contribution in [0.25, 0.3) is 11.0 Å². The number of rotatable bonds is 4. The molecular weight excluding hydrogens is 378 g/mol. The zero-order valence-corrected chi connectivity index (χ0v) is 15.8. The molecule has 150 valence electrons. The van der Waals surface area contributed by atoms with Gasteiger partial charge in [0.2, 0.25) is 0 Å². The second kappa shape index (κ2) is 9.13. The molecule has 0 amide bonds. The molecule has 1 aliphatic carbocycles.